The summed E-state index contributed by atoms with van der Waals surface area (Å²) in [7, 11) is 0. The summed E-state index contributed by atoms with van der Waals surface area (Å²) in [6, 6.07) is 1.94. The van der Waals surface area contributed by atoms with Crippen LogP contribution < -0.4 is 10.6 Å². The lowest BCUT2D eigenvalue weighted by molar-refractivity contribution is 0.583. The van der Waals surface area contributed by atoms with Gasteiger partial charge < -0.3 is 10.6 Å². The molecule has 0 aromatic carbocycles. The van der Waals surface area contributed by atoms with Gasteiger partial charge in [-0.2, -0.15) is 5.10 Å². The van der Waals surface area contributed by atoms with E-state index in [0.29, 0.717) is 0 Å². The summed E-state index contributed by atoms with van der Waals surface area (Å²) in [6.07, 6.45) is 7.17. The lowest BCUT2D eigenvalue weighted by Gasteiger charge is -2.10. The number of rotatable bonds is 8. The van der Waals surface area contributed by atoms with Crippen LogP contribution in [0.3, 0.4) is 0 Å². The van der Waals surface area contributed by atoms with Crippen molar-refractivity contribution in [1.82, 2.24) is 20.4 Å². The number of hydrogen-bond acceptors (Lipinski definition) is 2. The van der Waals surface area contributed by atoms with Gasteiger partial charge in [-0.25, -0.2) is 0 Å². The summed E-state index contributed by atoms with van der Waals surface area (Å²) < 4.78 is 1.94. The molecule has 5 nitrogen and oxygen atoms in total. The highest BCUT2D eigenvalue weighted by molar-refractivity contribution is 5.79. The average molecular weight is 251 g/mol. The largest absolute Gasteiger partial charge is 0.357 e. The van der Waals surface area contributed by atoms with Gasteiger partial charge in [-0.05, 0) is 25.8 Å². The van der Waals surface area contributed by atoms with Crippen LogP contribution in [0.15, 0.2) is 23.5 Å². The van der Waals surface area contributed by atoms with Crippen LogP contribution in [0.25, 0.3) is 0 Å². The number of aromatic nitrogens is 2. The molecule has 0 radical (unpaired) electrons. The SMILES string of the molecule is CCCCNC(=NCCCn1cccn1)NCC. The normalized spacial score (nSPS) is 11.6. The average Bonchev–Trinajstić information content (AvgIpc) is 2.88. The summed E-state index contributed by atoms with van der Waals surface area (Å²) in [5.41, 5.74) is 0. The van der Waals surface area contributed by atoms with E-state index < -0.39 is 0 Å². The van der Waals surface area contributed by atoms with Crippen molar-refractivity contribution in [3.05, 3.63) is 18.5 Å². The highest BCUT2D eigenvalue weighted by Gasteiger charge is 1.96. The molecule has 0 saturated carbocycles. The molecular weight excluding hydrogens is 226 g/mol. The first-order chi connectivity index (χ1) is 8.86. The Bertz CT molecular complexity index is 318. The highest BCUT2D eigenvalue weighted by atomic mass is 15.3. The van der Waals surface area contributed by atoms with Crippen LogP contribution in [-0.4, -0.2) is 35.4 Å². The van der Waals surface area contributed by atoms with Gasteiger partial charge in [-0.1, -0.05) is 13.3 Å². The minimum absolute atomic E-state index is 0.821. The Morgan fingerprint density at radius 2 is 2.17 bits per heavy atom. The van der Waals surface area contributed by atoms with E-state index in [1.54, 1.807) is 6.20 Å². The van der Waals surface area contributed by atoms with E-state index in [-0.39, 0.29) is 0 Å². The summed E-state index contributed by atoms with van der Waals surface area (Å²) >= 11 is 0. The van der Waals surface area contributed by atoms with Gasteiger partial charge >= 0.3 is 0 Å². The monoisotopic (exact) mass is 251 g/mol. The first-order valence-electron chi connectivity index (χ1n) is 6.86. The van der Waals surface area contributed by atoms with Crippen LogP contribution in [0, 0.1) is 0 Å². The quantitative estimate of drug-likeness (QED) is 0.419. The lowest BCUT2D eigenvalue weighted by Crippen LogP contribution is -2.37. The van der Waals surface area contributed by atoms with Crippen LogP contribution in [-0.2, 0) is 6.54 Å². The van der Waals surface area contributed by atoms with Gasteiger partial charge in [0.1, 0.15) is 0 Å². The van der Waals surface area contributed by atoms with Gasteiger partial charge in [0.25, 0.3) is 0 Å². The second-order valence-corrected chi connectivity index (χ2v) is 4.16. The molecule has 0 saturated heterocycles. The van der Waals surface area contributed by atoms with Crippen molar-refractivity contribution >= 4 is 5.96 Å². The maximum absolute atomic E-state index is 4.54. The maximum atomic E-state index is 4.54. The molecule has 5 heteroatoms. The third-order valence-corrected chi connectivity index (χ3v) is 2.54. The Labute approximate surface area is 110 Å². The molecule has 102 valence electrons. The number of guanidine groups is 1. The molecule has 0 aliphatic rings. The summed E-state index contributed by atoms with van der Waals surface area (Å²) in [5, 5.41) is 10.8. The van der Waals surface area contributed by atoms with E-state index in [1.807, 2.05) is 16.9 Å². The number of nitrogens with one attached hydrogen (secondary N) is 2. The standard InChI is InChI=1S/C13H25N5/c1-3-5-8-15-13(14-4-2)16-9-6-11-18-12-7-10-17-18/h7,10,12H,3-6,8-9,11H2,1-2H3,(H2,14,15,16). The predicted octanol–water partition coefficient (Wildman–Crippen LogP) is 1.63. The zero-order valence-corrected chi connectivity index (χ0v) is 11.5. The van der Waals surface area contributed by atoms with E-state index >= 15 is 0 Å². The molecule has 2 N–H and O–H groups in total. The van der Waals surface area contributed by atoms with Gasteiger partial charge in [0.15, 0.2) is 5.96 Å². The Balaban J connectivity index is 2.21. The number of unbranched alkanes of at least 4 members (excludes halogenated alkanes) is 1. The second-order valence-electron chi connectivity index (χ2n) is 4.16. The molecule has 1 rings (SSSR count). The Morgan fingerprint density at radius 1 is 1.28 bits per heavy atom. The minimum Gasteiger partial charge on any atom is -0.357 e. The summed E-state index contributed by atoms with van der Waals surface area (Å²) in [4.78, 5) is 4.54. The van der Waals surface area contributed by atoms with E-state index in [1.165, 1.54) is 12.8 Å². The smallest absolute Gasteiger partial charge is 0.191 e. The Hall–Kier alpha value is -1.52. The van der Waals surface area contributed by atoms with Crippen LogP contribution >= 0.6 is 0 Å². The van der Waals surface area contributed by atoms with Gasteiger partial charge in [0, 0.05) is 38.6 Å². The number of aliphatic imine (C=N–C) groups is 1. The molecule has 0 atom stereocenters. The summed E-state index contributed by atoms with van der Waals surface area (Å²) in [5.74, 6) is 0.923. The zero-order valence-electron chi connectivity index (χ0n) is 11.5. The molecule has 0 aliphatic heterocycles. The van der Waals surface area contributed by atoms with Crippen molar-refractivity contribution in [3.63, 3.8) is 0 Å². The molecular formula is C13H25N5. The van der Waals surface area contributed by atoms with Crippen molar-refractivity contribution < 1.29 is 0 Å². The highest BCUT2D eigenvalue weighted by Crippen LogP contribution is 1.90. The fourth-order valence-corrected chi connectivity index (χ4v) is 1.58. The fraction of sp³-hybridized carbons (Fsp3) is 0.692. The molecule has 0 fully saturated rings. The topological polar surface area (TPSA) is 54.2 Å². The zero-order chi connectivity index (χ0) is 13.1. The number of aryl methyl sites for hydroxylation is 1. The lowest BCUT2D eigenvalue weighted by atomic mass is 10.3. The maximum Gasteiger partial charge on any atom is 0.191 e. The summed E-state index contributed by atoms with van der Waals surface area (Å²) in [6.45, 7) is 7.90. The molecule has 0 bridgehead atoms. The fourth-order valence-electron chi connectivity index (χ4n) is 1.58. The second kappa shape index (κ2) is 9.50. The number of nitrogens with zero attached hydrogens (tertiary/aromatic N) is 3. The third kappa shape index (κ3) is 6.27. The van der Waals surface area contributed by atoms with E-state index in [4.69, 9.17) is 0 Å². The van der Waals surface area contributed by atoms with Crippen LogP contribution in [0.1, 0.15) is 33.1 Å². The molecule has 1 aromatic rings. The molecule has 0 aliphatic carbocycles. The van der Waals surface area contributed by atoms with Gasteiger partial charge in [0.2, 0.25) is 0 Å². The van der Waals surface area contributed by atoms with E-state index in [0.717, 1.165) is 38.6 Å². The van der Waals surface area contributed by atoms with Crippen LogP contribution in [0.2, 0.25) is 0 Å². The Kier molecular flexibility index (Phi) is 7.68. The van der Waals surface area contributed by atoms with Crippen molar-refractivity contribution in [1.29, 1.82) is 0 Å². The molecule has 0 spiro atoms. The molecule has 0 amide bonds. The van der Waals surface area contributed by atoms with Crippen LogP contribution in [0.5, 0.6) is 0 Å². The predicted molar refractivity (Wildman–Crippen MR) is 75.7 cm³/mol. The van der Waals surface area contributed by atoms with Crippen molar-refractivity contribution in [2.24, 2.45) is 4.99 Å². The van der Waals surface area contributed by atoms with Gasteiger partial charge in [-0.3, -0.25) is 9.67 Å². The Morgan fingerprint density at radius 3 is 2.83 bits per heavy atom. The first-order valence-corrected chi connectivity index (χ1v) is 6.86. The van der Waals surface area contributed by atoms with Crippen molar-refractivity contribution in [3.8, 4) is 0 Å². The first kappa shape index (κ1) is 14.5. The van der Waals surface area contributed by atoms with E-state index in [2.05, 4.69) is 34.6 Å². The number of hydrogen-bond donors (Lipinski definition) is 2. The van der Waals surface area contributed by atoms with E-state index in [9.17, 15) is 0 Å². The van der Waals surface area contributed by atoms with Gasteiger partial charge in [-0.15, -0.1) is 0 Å². The third-order valence-electron chi connectivity index (χ3n) is 2.54. The molecule has 1 aromatic heterocycles. The minimum atomic E-state index is 0.821. The van der Waals surface area contributed by atoms with Crippen LogP contribution in [0.4, 0.5) is 0 Å². The molecule has 1 heterocycles. The molecule has 18 heavy (non-hydrogen) atoms. The molecule has 0 unspecified atom stereocenters. The van der Waals surface area contributed by atoms with Crippen molar-refractivity contribution in [2.45, 2.75) is 39.7 Å². The van der Waals surface area contributed by atoms with Crippen molar-refractivity contribution in [2.75, 3.05) is 19.6 Å². The van der Waals surface area contributed by atoms with Gasteiger partial charge in [0.05, 0.1) is 0 Å².